The van der Waals surface area contributed by atoms with Gasteiger partial charge in [0, 0.05) is 19.2 Å². The second-order valence-corrected chi connectivity index (χ2v) is 7.80. The predicted molar refractivity (Wildman–Crippen MR) is 106 cm³/mol. The number of urea groups is 1. The van der Waals surface area contributed by atoms with Crippen molar-refractivity contribution in [1.82, 2.24) is 9.91 Å². The maximum atomic E-state index is 13.9. The van der Waals surface area contributed by atoms with Gasteiger partial charge < -0.3 is 9.64 Å². The normalized spacial score (nSPS) is 20.3. The van der Waals surface area contributed by atoms with Crippen molar-refractivity contribution >= 4 is 11.7 Å². The van der Waals surface area contributed by atoms with Crippen LogP contribution in [-0.4, -0.2) is 41.9 Å². The van der Waals surface area contributed by atoms with E-state index in [1.807, 2.05) is 30.3 Å². The molecule has 0 saturated carbocycles. The summed E-state index contributed by atoms with van der Waals surface area (Å²) < 4.78 is 19.8. The zero-order valence-corrected chi connectivity index (χ0v) is 16.3. The van der Waals surface area contributed by atoms with Crippen LogP contribution >= 0.6 is 0 Å². The number of halogens is 1. The van der Waals surface area contributed by atoms with E-state index >= 15 is 0 Å². The van der Waals surface area contributed by atoms with E-state index < -0.39 is 0 Å². The largest absolute Gasteiger partial charge is 0.492 e. The Morgan fingerprint density at radius 3 is 2.75 bits per heavy atom. The lowest BCUT2D eigenvalue weighted by Gasteiger charge is -2.32. The van der Waals surface area contributed by atoms with Gasteiger partial charge in [-0.3, -0.25) is 0 Å². The monoisotopic (exact) mass is 381 g/mol. The van der Waals surface area contributed by atoms with Crippen molar-refractivity contribution in [3.05, 3.63) is 65.5 Å². The highest BCUT2D eigenvalue weighted by Gasteiger charge is 2.45. The fourth-order valence-corrected chi connectivity index (χ4v) is 3.99. The first-order valence-electron chi connectivity index (χ1n) is 9.56. The molecule has 0 spiro atoms. The van der Waals surface area contributed by atoms with Gasteiger partial charge in [-0.25, -0.2) is 14.2 Å². The van der Waals surface area contributed by atoms with Crippen LogP contribution in [0, 0.1) is 17.7 Å². The lowest BCUT2D eigenvalue weighted by molar-refractivity contribution is 0.130. The highest BCUT2D eigenvalue weighted by atomic mass is 19.1. The second kappa shape index (κ2) is 7.26. The van der Waals surface area contributed by atoms with Crippen molar-refractivity contribution in [2.24, 2.45) is 16.9 Å². The van der Waals surface area contributed by atoms with Crippen LogP contribution in [0.15, 0.2) is 53.6 Å². The number of hydrogen-bond acceptors (Lipinski definition) is 3. The van der Waals surface area contributed by atoms with Crippen LogP contribution in [0.4, 0.5) is 9.18 Å². The summed E-state index contributed by atoms with van der Waals surface area (Å²) in [5.74, 6) is 0.463. The minimum absolute atomic E-state index is 0.145. The molecule has 28 heavy (non-hydrogen) atoms. The maximum absolute atomic E-state index is 13.9. The number of hydrogen-bond donors (Lipinski definition) is 0. The molecular weight excluding hydrogens is 357 g/mol. The molecule has 5 nitrogen and oxygen atoms in total. The van der Waals surface area contributed by atoms with Crippen LogP contribution in [0.5, 0.6) is 5.75 Å². The van der Waals surface area contributed by atoms with E-state index in [1.165, 1.54) is 12.1 Å². The third kappa shape index (κ3) is 3.23. The van der Waals surface area contributed by atoms with Gasteiger partial charge in [-0.2, -0.15) is 5.10 Å². The molecular formula is C22H24FN3O2. The first-order chi connectivity index (χ1) is 13.5. The van der Waals surface area contributed by atoms with Gasteiger partial charge in [0.25, 0.3) is 0 Å². The molecule has 0 fully saturated rings. The molecule has 0 radical (unpaired) electrons. The van der Waals surface area contributed by atoms with Crippen LogP contribution in [-0.2, 0) is 0 Å². The van der Waals surface area contributed by atoms with E-state index in [2.05, 4.69) is 13.8 Å². The van der Waals surface area contributed by atoms with Gasteiger partial charge in [0.05, 0.1) is 24.3 Å². The van der Waals surface area contributed by atoms with Crippen LogP contribution in [0.25, 0.3) is 0 Å². The number of carbonyl (C=O) groups is 1. The van der Waals surface area contributed by atoms with Crippen LogP contribution in [0.3, 0.4) is 0 Å². The zero-order valence-electron chi connectivity index (χ0n) is 16.3. The lowest BCUT2D eigenvalue weighted by atomic mass is 9.86. The van der Waals surface area contributed by atoms with Gasteiger partial charge in [0.15, 0.2) is 0 Å². The van der Waals surface area contributed by atoms with Crippen molar-refractivity contribution in [2.75, 3.05) is 20.2 Å². The summed E-state index contributed by atoms with van der Waals surface area (Å²) in [6, 6.07) is 13.8. The molecule has 2 aliphatic rings. The van der Waals surface area contributed by atoms with E-state index in [4.69, 9.17) is 9.84 Å². The van der Waals surface area contributed by atoms with E-state index in [-0.39, 0.29) is 23.8 Å². The molecule has 0 aliphatic carbocycles. The summed E-state index contributed by atoms with van der Waals surface area (Å²) in [5, 5.41) is 6.23. The number of nitrogens with zero attached hydrogens (tertiary/aromatic N) is 3. The summed E-state index contributed by atoms with van der Waals surface area (Å²) in [4.78, 5) is 14.9. The van der Waals surface area contributed by atoms with Crippen LogP contribution < -0.4 is 4.74 Å². The Balaban J connectivity index is 1.77. The van der Waals surface area contributed by atoms with E-state index in [0.717, 1.165) is 5.56 Å². The van der Waals surface area contributed by atoms with Crippen molar-refractivity contribution < 1.29 is 13.9 Å². The summed E-state index contributed by atoms with van der Waals surface area (Å²) in [5.41, 5.74) is 2.32. The Hall–Kier alpha value is -2.89. The van der Waals surface area contributed by atoms with Gasteiger partial charge in [-0.15, -0.1) is 0 Å². The number of hydrazone groups is 1. The van der Waals surface area contributed by atoms with Crippen molar-refractivity contribution in [1.29, 1.82) is 0 Å². The van der Waals surface area contributed by atoms with Gasteiger partial charge in [0.1, 0.15) is 11.6 Å². The van der Waals surface area contributed by atoms with Gasteiger partial charge in [-0.05, 0) is 29.7 Å². The van der Waals surface area contributed by atoms with Gasteiger partial charge in [0.2, 0.25) is 0 Å². The van der Waals surface area contributed by atoms with E-state index in [1.54, 1.807) is 23.0 Å². The number of ether oxygens (including phenoxy) is 1. The maximum Gasteiger partial charge on any atom is 0.340 e. The third-order valence-electron chi connectivity index (χ3n) is 5.15. The molecule has 2 aromatic carbocycles. The van der Waals surface area contributed by atoms with Crippen LogP contribution in [0.2, 0.25) is 0 Å². The predicted octanol–water partition coefficient (Wildman–Crippen LogP) is 4.30. The number of benzene rings is 2. The topological polar surface area (TPSA) is 45.1 Å². The Morgan fingerprint density at radius 1 is 1.29 bits per heavy atom. The van der Waals surface area contributed by atoms with Crippen molar-refractivity contribution in [3.8, 4) is 5.75 Å². The fraction of sp³-hybridized carbons (Fsp3) is 0.364. The summed E-state index contributed by atoms with van der Waals surface area (Å²) >= 11 is 0. The summed E-state index contributed by atoms with van der Waals surface area (Å²) in [6.45, 7) is 5.17. The lowest BCUT2D eigenvalue weighted by Crippen LogP contribution is -2.42. The minimum atomic E-state index is -0.344. The number of carbonyl (C=O) groups excluding carboxylic acids is 1. The molecule has 0 bridgehead atoms. The second-order valence-electron chi connectivity index (χ2n) is 7.80. The zero-order chi connectivity index (χ0) is 19.8. The molecule has 0 saturated heterocycles. The summed E-state index contributed by atoms with van der Waals surface area (Å²) in [7, 11) is 1.79. The SMILES string of the molecule is CC(C)CN(C)C(=O)N1N=C2c3cc(F)ccc3OC[C@@H]2[C@@H]1c1ccccc1. The molecule has 0 N–H and O–H groups in total. The average molecular weight is 381 g/mol. The highest BCUT2D eigenvalue weighted by molar-refractivity contribution is 6.07. The Morgan fingerprint density at radius 2 is 2.04 bits per heavy atom. The van der Waals surface area contributed by atoms with Crippen molar-refractivity contribution in [2.45, 2.75) is 19.9 Å². The fourth-order valence-electron chi connectivity index (χ4n) is 3.99. The number of rotatable bonds is 3. The Labute approximate surface area is 164 Å². The van der Waals surface area contributed by atoms with E-state index in [0.29, 0.717) is 36.1 Å². The minimum Gasteiger partial charge on any atom is -0.492 e. The third-order valence-corrected chi connectivity index (χ3v) is 5.15. The Kier molecular flexibility index (Phi) is 4.79. The molecule has 2 aromatic rings. The Bertz CT molecular complexity index is 913. The standard InChI is InChI=1S/C22H24FN3O2/c1-14(2)12-25(3)22(27)26-21(15-7-5-4-6-8-15)18-13-28-19-10-9-16(23)11-17(19)20(18)24-26/h4-11,14,18,21H,12-13H2,1-3H3/t18-,21-/m0/s1. The van der Waals surface area contributed by atoms with Crippen molar-refractivity contribution in [3.63, 3.8) is 0 Å². The number of amides is 2. The van der Waals surface area contributed by atoms with Gasteiger partial charge >= 0.3 is 6.03 Å². The molecule has 146 valence electrons. The van der Waals surface area contributed by atoms with E-state index in [9.17, 15) is 9.18 Å². The van der Waals surface area contributed by atoms with Crippen LogP contribution in [0.1, 0.15) is 31.0 Å². The molecule has 0 unspecified atom stereocenters. The summed E-state index contributed by atoms with van der Waals surface area (Å²) in [6.07, 6.45) is 0. The highest BCUT2D eigenvalue weighted by Crippen LogP contribution is 2.42. The molecule has 2 atom stereocenters. The first-order valence-corrected chi connectivity index (χ1v) is 9.56. The molecule has 4 rings (SSSR count). The molecule has 2 aliphatic heterocycles. The number of fused-ring (bicyclic) bond motifs is 3. The molecule has 6 heteroatoms. The molecule has 2 heterocycles. The molecule has 0 aromatic heterocycles. The molecule has 2 amide bonds. The average Bonchev–Trinajstić information content (AvgIpc) is 3.07. The quantitative estimate of drug-likeness (QED) is 0.796. The smallest absolute Gasteiger partial charge is 0.340 e. The van der Waals surface area contributed by atoms with Gasteiger partial charge in [-0.1, -0.05) is 44.2 Å². The first kappa shape index (κ1) is 18.5.